The van der Waals surface area contributed by atoms with E-state index < -0.39 is 0 Å². The van der Waals surface area contributed by atoms with E-state index in [0.717, 1.165) is 12.2 Å². The zero-order valence-electron chi connectivity index (χ0n) is 13.2. The van der Waals surface area contributed by atoms with Gasteiger partial charge in [-0.25, -0.2) is 0 Å². The lowest BCUT2D eigenvalue weighted by Gasteiger charge is -2.24. The van der Waals surface area contributed by atoms with Crippen LogP contribution in [0.3, 0.4) is 0 Å². The molecule has 0 aliphatic rings. The molecule has 0 saturated heterocycles. The monoisotopic (exact) mass is 271 g/mol. The van der Waals surface area contributed by atoms with Crippen molar-refractivity contribution in [2.75, 3.05) is 7.05 Å². The molecule has 0 saturated carbocycles. The average molecular weight is 271 g/mol. The van der Waals surface area contributed by atoms with Gasteiger partial charge in [-0.2, -0.15) is 0 Å². The number of aryl methyl sites for hydroxylation is 1. The lowest BCUT2D eigenvalue weighted by atomic mass is 9.81. The van der Waals surface area contributed by atoms with Gasteiger partial charge in [-0.3, -0.25) is 0 Å². The Labute approximate surface area is 122 Å². The Morgan fingerprint density at radius 2 is 1.80 bits per heavy atom. The zero-order chi connectivity index (χ0) is 14.8. The Bertz CT molecular complexity index is 551. The van der Waals surface area contributed by atoms with Crippen molar-refractivity contribution in [3.63, 3.8) is 0 Å². The van der Waals surface area contributed by atoms with Gasteiger partial charge in [-0.15, -0.1) is 0 Å². The van der Waals surface area contributed by atoms with E-state index in [1.165, 1.54) is 16.7 Å². The van der Waals surface area contributed by atoms with E-state index in [2.05, 4.69) is 56.4 Å². The van der Waals surface area contributed by atoms with Crippen molar-refractivity contribution in [1.82, 2.24) is 5.32 Å². The first-order valence-electron chi connectivity index (χ1n) is 7.30. The average Bonchev–Trinajstić information content (AvgIpc) is 2.87. The molecule has 0 amide bonds. The maximum atomic E-state index is 5.42. The summed E-state index contributed by atoms with van der Waals surface area (Å²) < 4.78 is 5.42. The van der Waals surface area contributed by atoms with E-state index in [9.17, 15) is 0 Å². The minimum Gasteiger partial charge on any atom is -0.469 e. The molecule has 20 heavy (non-hydrogen) atoms. The number of furan rings is 1. The quantitative estimate of drug-likeness (QED) is 0.860. The summed E-state index contributed by atoms with van der Waals surface area (Å²) in [5.41, 5.74) is 4.07. The Kier molecular flexibility index (Phi) is 4.34. The fourth-order valence-corrected chi connectivity index (χ4v) is 2.47. The van der Waals surface area contributed by atoms with Gasteiger partial charge in [0.1, 0.15) is 5.76 Å². The third-order valence-electron chi connectivity index (χ3n) is 4.28. The van der Waals surface area contributed by atoms with Gasteiger partial charge in [0.15, 0.2) is 0 Å². The lowest BCUT2D eigenvalue weighted by molar-refractivity contribution is 0.505. The highest BCUT2D eigenvalue weighted by atomic mass is 16.3. The summed E-state index contributed by atoms with van der Waals surface area (Å²) >= 11 is 0. The van der Waals surface area contributed by atoms with E-state index in [4.69, 9.17) is 4.42 Å². The highest BCUT2D eigenvalue weighted by molar-refractivity contribution is 5.34. The van der Waals surface area contributed by atoms with E-state index in [1.54, 1.807) is 0 Å². The van der Waals surface area contributed by atoms with Crippen molar-refractivity contribution < 1.29 is 4.42 Å². The van der Waals surface area contributed by atoms with Crippen LogP contribution in [0.2, 0.25) is 0 Å². The first-order chi connectivity index (χ1) is 9.47. The minimum atomic E-state index is 0.186. The van der Waals surface area contributed by atoms with Crippen LogP contribution in [0.1, 0.15) is 55.7 Å². The molecule has 0 fully saturated rings. The fraction of sp³-hybridized carbons (Fsp3) is 0.444. The van der Waals surface area contributed by atoms with E-state index in [-0.39, 0.29) is 11.5 Å². The van der Waals surface area contributed by atoms with E-state index >= 15 is 0 Å². The van der Waals surface area contributed by atoms with Crippen molar-refractivity contribution in [2.45, 2.75) is 45.6 Å². The zero-order valence-corrected chi connectivity index (χ0v) is 13.2. The smallest absolute Gasteiger partial charge is 0.101 e. The second-order valence-corrected chi connectivity index (χ2v) is 6.07. The summed E-state index contributed by atoms with van der Waals surface area (Å²) in [6.45, 7) is 8.79. The third-order valence-corrected chi connectivity index (χ3v) is 4.28. The van der Waals surface area contributed by atoms with Crippen molar-refractivity contribution in [1.29, 1.82) is 0 Å². The molecular weight excluding hydrogens is 246 g/mol. The van der Waals surface area contributed by atoms with Crippen LogP contribution in [0.5, 0.6) is 0 Å². The highest BCUT2D eigenvalue weighted by Gasteiger charge is 2.19. The predicted molar refractivity (Wildman–Crippen MR) is 84.1 cm³/mol. The normalized spacial score (nSPS) is 13.4. The largest absolute Gasteiger partial charge is 0.469 e. The van der Waals surface area contributed by atoms with Gasteiger partial charge in [-0.1, -0.05) is 45.0 Å². The molecule has 1 N–H and O–H groups in total. The second-order valence-electron chi connectivity index (χ2n) is 6.07. The maximum absolute atomic E-state index is 5.42. The fourth-order valence-electron chi connectivity index (χ4n) is 2.47. The molecule has 0 bridgehead atoms. The van der Waals surface area contributed by atoms with Crippen molar-refractivity contribution in [3.05, 3.63) is 59.0 Å². The molecule has 2 aromatic rings. The van der Waals surface area contributed by atoms with Crippen LogP contribution >= 0.6 is 0 Å². The molecule has 0 spiro atoms. The summed E-state index contributed by atoms with van der Waals surface area (Å²) in [6.07, 6.45) is 2.98. The molecule has 1 aromatic heterocycles. The van der Waals surface area contributed by atoms with Crippen LogP contribution < -0.4 is 5.32 Å². The molecule has 2 heteroatoms. The molecule has 108 valence electrons. The molecular formula is C18H25NO. The van der Waals surface area contributed by atoms with E-state index in [1.807, 2.05) is 20.2 Å². The maximum Gasteiger partial charge on any atom is 0.101 e. The van der Waals surface area contributed by atoms with Crippen LogP contribution in [0, 0.1) is 6.92 Å². The Morgan fingerprint density at radius 3 is 2.25 bits per heavy atom. The number of nitrogens with one attached hydrogen (secondary N) is 1. The molecule has 1 heterocycles. The number of hydrogen-bond donors (Lipinski definition) is 1. The standard InChI is InChI=1S/C18H25NO/c1-6-18(3,4)16-9-7-14(8-10-16)17(19-5)15-11-13(2)20-12-15/h7-12,17,19H,6H2,1-5H3. The topological polar surface area (TPSA) is 25.2 Å². The molecule has 0 aliphatic carbocycles. The molecule has 1 unspecified atom stereocenters. The highest BCUT2D eigenvalue weighted by Crippen LogP contribution is 2.29. The molecule has 0 radical (unpaired) electrons. The third kappa shape index (κ3) is 2.96. The van der Waals surface area contributed by atoms with Gasteiger partial charge < -0.3 is 9.73 Å². The molecule has 1 atom stereocenters. The predicted octanol–water partition coefficient (Wildman–Crippen LogP) is 4.58. The molecule has 2 rings (SSSR count). The number of hydrogen-bond acceptors (Lipinski definition) is 2. The first kappa shape index (κ1) is 14.9. The van der Waals surface area contributed by atoms with Crippen LogP contribution in [0.4, 0.5) is 0 Å². The van der Waals surface area contributed by atoms with Gasteiger partial charge in [0.2, 0.25) is 0 Å². The Hall–Kier alpha value is -1.54. The van der Waals surface area contributed by atoms with Gasteiger partial charge in [0.05, 0.1) is 12.3 Å². The summed E-state index contributed by atoms with van der Waals surface area (Å²) in [6, 6.07) is 11.2. The van der Waals surface area contributed by atoms with Crippen LogP contribution in [0.15, 0.2) is 41.0 Å². The first-order valence-corrected chi connectivity index (χ1v) is 7.30. The van der Waals surface area contributed by atoms with Crippen LogP contribution in [-0.2, 0) is 5.41 Å². The lowest BCUT2D eigenvalue weighted by Crippen LogP contribution is -2.18. The Balaban J connectivity index is 2.28. The summed E-state index contributed by atoms with van der Waals surface area (Å²) in [4.78, 5) is 0. The van der Waals surface area contributed by atoms with Crippen LogP contribution in [-0.4, -0.2) is 7.05 Å². The van der Waals surface area contributed by atoms with Gasteiger partial charge in [-0.05, 0) is 43.0 Å². The number of rotatable bonds is 5. The number of benzene rings is 1. The second kappa shape index (κ2) is 5.84. The van der Waals surface area contributed by atoms with Gasteiger partial charge in [0, 0.05) is 5.56 Å². The summed E-state index contributed by atoms with van der Waals surface area (Å²) in [5, 5.41) is 3.36. The van der Waals surface area contributed by atoms with Crippen LogP contribution in [0.25, 0.3) is 0 Å². The summed E-state index contributed by atoms with van der Waals surface area (Å²) in [7, 11) is 1.98. The summed E-state index contributed by atoms with van der Waals surface area (Å²) in [5.74, 6) is 0.948. The Morgan fingerprint density at radius 1 is 1.15 bits per heavy atom. The minimum absolute atomic E-state index is 0.186. The van der Waals surface area contributed by atoms with Crippen molar-refractivity contribution in [2.24, 2.45) is 0 Å². The van der Waals surface area contributed by atoms with Gasteiger partial charge in [0.25, 0.3) is 0 Å². The molecule has 1 aromatic carbocycles. The molecule has 2 nitrogen and oxygen atoms in total. The van der Waals surface area contributed by atoms with Crippen molar-refractivity contribution >= 4 is 0 Å². The van der Waals surface area contributed by atoms with Gasteiger partial charge >= 0.3 is 0 Å². The SMILES string of the molecule is CCC(C)(C)c1ccc(C(NC)c2coc(C)c2)cc1. The molecule has 0 aliphatic heterocycles. The van der Waals surface area contributed by atoms with E-state index in [0.29, 0.717) is 0 Å². The van der Waals surface area contributed by atoms with Crippen molar-refractivity contribution in [3.8, 4) is 0 Å².